The lowest BCUT2D eigenvalue weighted by Crippen LogP contribution is -2.31. The van der Waals surface area contributed by atoms with Gasteiger partial charge in [-0.15, -0.1) is 0 Å². The van der Waals surface area contributed by atoms with Crippen LogP contribution in [-0.2, 0) is 10.0 Å². The summed E-state index contributed by atoms with van der Waals surface area (Å²) >= 11 is 6.78. The van der Waals surface area contributed by atoms with Crippen molar-refractivity contribution < 1.29 is 8.42 Å². The standard InChI is InChI=1S/C14H19Br2NO2S/c1-10-7-13(16)14(8-12(10)15)20(18,19)17(2)9-11-5-3-4-6-11/h7-8,11H,3-6,9H2,1-2H3. The molecular weight excluding hydrogens is 406 g/mol. The summed E-state index contributed by atoms with van der Waals surface area (Å²) in [6.07, 6.45) is 4.72. The smallest absolute Gasteiger partial charge is 0.207 e. The summed E-state index contributed by atoms with van der Waals surface area (Å²) in [4.78, 5) is 0.329. The van der Waals surface area contributed by atoms with E-state index in [0.29, 0.717) is 21.8 Å². The topological polar surface area (TPSA) is 37.4 Å². The van der Waals surface area contributed by atoms with Crippen LogP contribution in [-0.4, -0.2) is 26.3 Å². The molecule has 20 heavy (non-hydrogen) atoms. The first kappa shape index (κ1) is 16.5. The molecule has 2 rings (SSSR count). The molecule has 0 heterocycles. The molecule has 1 aromatic rings. The molecule has 0 aliphatic heterocycles. The summed E-state index contributed by atoms with van der Waals surface area (Å²) in [5.41, 5.74) is 1.01. The zero-order chi connectivity index (χ0) is 14.9. The highest BCUT2D eigenvalue weighted by Crippen LogP contribution is 2.32. The minimum atomic E-state index is -3.44. The fourth-order valence-corrected chi connectivity index (χ4v) is 5.53. The van der Waals surface area contributed by atoms with Gasteiger partial charge in [0.25, 0.3) is 0 Å². The lowest BCUT2D eigenvalue weighted by molar-refractivity contribution is 0.387. The van der Waals surface area contributed by atoms with Crippen LogP contribution in [0.2, 0.25) is 0 Å². The Hall–Kier alpha value is 0.0900. The Morgan fingerprint density at radius 2 is 1.80 bits per heavy atom. The lowest BCUT2D eigenvalue weighted by Gasteiger charge is -2.21. The zero-order valence-corrected chi connectivity index (χ0v) is 15.7. The molecule has 0 bridgehead atoms. The van der Waals surface area contributed by atoms with Crippen LogP contribution >= 0.6 is 31.9 Å². The molecule has 0 N–H and O–H groups in total. The van der Waals surface area contributed by atoms with E-state index in [4.69, 9.17) is 0 Å². The Morgan fingerprint density at radius 1 is 1.20 bits per heavy atom. The molecule has 6 heteroatoms. The van der Waals surface area contributed by atoms with Gasteiger partial charge in [0.2, 0.25) is 10.0 Å². The first-order valence-electron chi connectivity index (χ1n) is 6.74. The molecule has 0 aromatic heterocycles. The van der Waals surface area contributed by atoms with Crippen molar-refractivity contribution in [3.63, 3.8) is 0 Å². The molecule has 1 aliphatic carbocycles. The summed E-state index contributed by atoms with van der Waals surface area (Å²) in [6, 6.07) is 3.51. The van der Waals surface area contributed by atoms with Gasteiger partial charge in [-0.1, -0.05) is 28.8 Å². The molecular formula is C14H19Br2NO2S. The van der Waals surface area contributed by atoms with Gasteiger partial charge in [-0.05, 0) is 59.3 Å². The number of aryl methyl sites for hydroxylation is 1. The van der Waals surface area contributed by atoms with Crippen LogP contribution in [0.4, 0.5) is 0 Å². The van der Waals surface area contributed by atoms with E-state index in [1.54, 1.807) is 13.1 Å². The molecule has 112 valence electrons. The second-order valence-electron chi connectivity index (χ2n) is 5.47. The summed E-state index contributed by atoms with van der Waals surface area (Å²) < 4.78 is 28.3. The molecule has 0 atom stereocenters. The first-order chi connectivity index (χ1) is 9.32. The summed E-state index contributed by atoms with van der Waals surface area (Å²) in [7, 11) is -1.77. The molecule has 0 unspecified atom stereocenters. The maximum atomic E-state index is 12.7. The quantitative estimate of drug-likeness (QED) is 0.721. The maximum Gasteiger partial charge on any atom is 0.243 e. The van der Waals surface area contributed by atoms with E-state index in [1.165, 1.54) is 17.1 Å². The van der Waals surface area contributed by atoms with E-state index in [0.717, 1.165) is 22.9 Å². The van der Waals surface area contributed by atoms with Crippen molar-refractivity contribution in [2.24, 2.45) is 5.92 Å². The van der Waals surface area contributed by atoms with Gasteiger partial charge >= 0.3 is 0 Å². The van der Waals surface area contributed by atoms with Gasteiger partial charge in [-0.2, -0.15) is 0 Å². The second-order valence-corrected chi connectivity index (χ2v) is 9.19. The van der Waals surface area contributed by atoms with Crippen molar-refractivity contribution >= 4 is 41.9 Å². The number of hydrogen-bond donors (Lipinski definition) is 0. The zero-order valence-electron chi connectivity index (χ0n) is 11.7. The highest BCUT2D eigenvalue weighted by Gasteiger charge is 2.27. The van der Waals surface area contributed by atoms with Crippen molar-refractivity contribution in [3.8, 4) is 0 Å². The normalized spacial score (nSPS) is 17.1. The highest BCUT2D eigenvalue weighted by molar-refractivity contribution is 9.11. The highest BCUT2D eigenvalue weighted by atomic mass is 79.9. The minimum Gasteiger partial charge on any atom is -0.207 e. The largest absolute Gasteiger partial charge is 0.243 e. The predicted molar refractivity (Wildman–Crippen MR) is 88.4 cm³/mol. The van der Waals surface area contributed by atoms with Crippen LogP contribution in [0.5, 0.6) is 0 Å². The third-order valence-electron chi connectivity index (χ3n) is 3.89. The van der Waals surface area contributed by atoms with E-state index in [-0.39, 0.29) is 0 Å². The van der Waals surface area contributed by atoms with Crippen molar-refractivity contribution in [3.05, 3.63) is 26.6 Å². The Kier molecular flexibility index (Phi) is 5.32. The molecule has 3 nitrogen and oxygen atoms in total. The van der Waals surface area contributed by atoms with Gasteiger partial charge in [0.15, 0.2) is 0 Å². The fourth-order valence-electron chi connectivity index (χ4n) is 2.65. The van der Waals surface area contributed by atoms with E-state index >= 15 is 0 Å². The van der Waals surface area contributed by atoms with Crippen LogP contribution in [0.15, 0.2) is 26.0 Å². The minimum absolute atomic E-state index is 0.329. The molecule has 0 amide bonds. The van der Waals surface area contributed by atoms with Crippen LogP contribution < -0.4 is 0 Å². The number of nitrogens with zero attached hydrogens (tertiary/aromatic N) is 1. The maximum absolute atomic E-state index is 12.7. The average Bonchev–Trinajstić information content (AvgIpc) is 2.86. The third-order valence-corrected chi connectivity index (χ3v) is 7.53. The van der Waals surface area contributed by atoms with Crippen molar-refractivity contribution in [2.75, 3.05) is 13.6 Å². The van der Waals surface area contributed by atoms with Gasteiger partial charge < -0.3 is 0 Å². The molecule has 0 spiro atoms. The first-order valence-corrected chi connectivity index (χ1v) is 9.77. The van der Waals surface area contributed by atoms with Gasteiger partial charge in [-0.3, -0.25) is 0 Å². The van der Waals surface area contributed by atoms with Crippen LogP contribution in [0.25, 0.3) is 0 Å². The molecule has 1 aliphatic rings. The Labute approximate surface area is 138 Å². The number of hydrogen-bond acceptors (Lipinski definition) is 2. The van der Waals surface area contributed by atoms with Crippen molar-refractivity contribution in [1.29, 1.82) is 0 Å². The van der Waals surface area contributed by atoms with Gasteiger partial charge in [0.1, 0.15) is 0 Å². The monoisotopic (exact) mass is 423 g/mol. The van der Waals surface area contributed by atoms with Crippen molar-refractivity contribution in [1.82, 2.24) is 4.31 Å². The third kappa shape index (κ3) is 3.46. The number of rotatable bonds is 4. The van der Waals surface area contributed by atoms with Gasteiger partial charge in [-0.25, -0.2) is 12.7 Å². The predicted octanol–water partition coefficient (Wildman–Crippen LogP) is 4.33. The summed E-state index contributed by atoms with van der Waals surface area (Å²) in [5.74, 6) is 0.502. The average molecular weight is 425 g/mol. The fraction of sp³-hybridized carbons (Fsp3) is 0.571. The van der Waals surface area contributed by atoms with Crippen LogP contribution in [0, 0.1) is 12.8 Å². The van der Waals surface area contributed by atoms with Crippen LogP contribution in [0.3, 0.4) is 0 Å². The van der Waals surface area contributed by atoms with E-state index < -0.39 is 10.0 Å². The second kappa shape index (κ2) is 6.46. The Balaban J connectivity index is 2.27. The summed E-state index contributed by atoms with van der Waals surface area (Å²) in [6.45, 7) is 2.55. The Morgan fingerprint density at radius 3 is 2.40 bits per heavy atom. The lowest BCUT2D eigenvalue weighted by atomic mass is 10.1. The number of halogens is 2. The van der Waals surface area contributed by atoms with Gasteiger partial charge in [0.05, 0.1) is 4.90 Å². The molecule has 1 aromatic carbocycles. The Bertz CT molecular complexity index is 595. The summed E-state index contributed by atoms with van der Waals surface area (Å²) in [5, 5.41) is 0. The van der Waals surface area contributed by atoms with Crippen LogP contribution in [0.1, 0.15) is 31.2 Å². The van der Waals surface area contributed by atoms with E-state index in [1.807, 2.05) is 13.0 Å². The number of sulfonamides is 1. The molecule has 1 fully saturated rings. The van der Waals surface area contributed by atoms with E-state index in [2.05, 4.69) is 31.9 Å². The number of benzene rings is 1. The van der Waals surface area contributed by atoms with E-state index in [9.17, 15) is 8.42 Å². The molecule has 0 saturated heterocycles. The van der Waals surface area contributed by atoms with Gasteiger partial charge in [0, 0.05) is 22.5 Å². The SMILES string of the molecule is Cc1cc(Br)c(S(=O)(=O)N(C)CC2CCCC2)cc1Br. The molecule has 1 saturated carbocycles. The van der Waals surface area contributed by atoms with Crippen molar-refractivity contribution in [2.45, 2.75) is 37.5 Å². The molecule has 0 radical (unpaired) electrons.